The largest absolute Gasteiger partial charge is 0.390 e. The predicted octanol–water partition coefficient (Wildman–Crippen LogP) is 2.64. The zero-order chi connectivity index (χ0) is 31.8. The van der Waals surface area contributed by atoms with Crippen molar-refractivity contribution in [1.82, 2.24) is 20.9 Å². The molecule has 1 aliphatic rings. The molecule has 0 saturated heterocycles. The number of aliphatic hydroxyl groups is 2. The average molecular weight is 599 g/mol. The number of terminal acetylenes is 1. The first-order chi connectivity index (χ1) is 20.5. The highest BCUT2D eigenvalue weighted by Gasteiger charge is 2.34. The normalized spacial score (nSPS) is 17.3. The van der Waals surface area contributed by atoms with E-state index in [1.807, 2.05) is 51.2 Å². The predicted molar refractivity (Wildman–Crippen MR) is 170 cm³/mol. The Bertz CT molecular complexity index is 1020. The van der Waals surface area contributed by atoms with Crippen LogP contribution >= 0.6 is 0 Å². The van der Waals surface area contributed by atoms with Crippen molar-refractivity contribution in [3.05, 3.63) is 35.9 Å². The lowest BCUT2D eigenvalue weighted by atomic mass is 9.82. The van der Waals surface area contributed by atoms with Crippen LogP contribution in [0.1, 0.15) is 77.2 Å². The van der Waals surface area contributed by atoms with Gasteiger partial charge in [0, 0.05) is 33.0 Å². The summed E-state index contributed by atoms with van der Waals surface area (Å²) >= 11 is 0. The second-order valence-corrected chi connectivity index (χ2v) is 12.5. The van der Waals surface area contributed by atoms with Crippen LogP contribution in [0.15, 0.2) is 30.3 Å². The first-order valence-corrected chi connectivity index (χ1v) is 15.9. The highest BCUT2D eigenvalue weighted by atomic mass is 16.3. The molecule has 0 bridgehead atoms. The molecule has 9 heteroatoms. The van der Waals surface area contributed by atoms with E-state index < -0.39 is 42.0 Å². The highest BCUT2D eigenvalue weighted by molar-refractivity contribution is 5.91. The van der Waals surface area contributed by atoms with Crippen molar-refractivity contribution in [2.45, 2.75) is 102 Å². The van der Waals surface area contributed by atoms with E-state index in [1.165, 1.54) is 6.42 Å². The first kappa shape index (κ1) is 36.3. The second-order valence-electron chi connectivity index (χ2n) is 12.5. The summed E-state index contributed by atoms with van der Waals surface area (Å²) in [6.45, 7) is 5.07. The Morgan fingerprint density at radius 3 is 2.33 bits per heavy atom. The van der Waals surface area contributed by atoms with Crippen molar-refractivity contribution >= 4 is 17.7 Å². The van der Waals surface area contributed by atoms with Crippen molar-refractivity contribution in [3.63, 3.8) is 0 Å². The summed E-state index contributed by atoms with van der Waals surface area (Å²) in [4.78, 5) is 41.8. The molecule has 43 heavy (non-hydrogen) atoms. The summed E-state index contributed by atoms with van der Waals surface area (Å²) in [5, 5.41) is 30.6. The van der Waals surface area contributed by atoms with Gasteiger partial charge in [-0.3, -0.25) is 14.4 Å². The summed E-state index contributed by atoms with van der Waals surface area (Å²) < 4.78 is 0. The van der Waals surface area contributed by atoms with Gasteiger partial charge in [0.1, 0.15) is 12.1 Å². The minimum atomic E-state index is -1.15. The number of rotatable bonds is 18. The Kier molecular flexibility index (Phi) is 16.3. The fourth-order valence-corrected chi connectivity index (χ4v) is 5.78. The van der Waals surface area contributed by atoms with Crippen molar-refractivity contribution in [2.24, 2.45) is 17.8 Å². The number of carbonyl (C=O) groups is 3. The van der Waals surface area contributed by atoms with E-state index in [0.717, 1.165) is 31.2 Å². The maximum absolute atomic E-state index is 13.6. The third kappa shape index (κ3) is 13.1. The molecule has 1 aromatic rings. The molecule has 0 spiro atoms. The van der Waals surface area contributed by atoms with Gasteiger partial charge in [-0.05, 0) is 43.7 Å². The van der Waals surface area contributed by atoms with Gasteiger partial charge in [-0.1, -0.05) is 76.3 Å². The monoisotopic (exact) mass is 598 g/mol. The van der Waals surface area contributed by atoms with Crippen molar-refractivity contribution in [1.29, 1.82) is 0 Å². The van der Waals surface area contributed by atoms with E-state index >= 15 is 0 Å². The number of aliphatic hydroxyl groups excluding tert-OH is 2. The molecule has 0 aromatic heterocycles. The fourth-order valence-electron chi connectivity index (χ4n) is 5.78. The number of carbonyl (C=O) groups excluding carboxylic acids is 3. The topological polar surface area (TPSA) is 131 Å². The van der Waals surface area contributed by atoms with Crippen LogP contribution in [-0.4, -0.2) is 84.3 Å². The summed E-state index contributed by atoms with van der Waals surface area (Å²) in [6, 6.07) is 7.73. The number of nitrogens with one attached hydrogen (secondary N) is 3. The molecule has 1 aliphatic carbocycles. The zero-order valence-corrected chi connectivity index (χ0v) is 26.6. The molecule has 2 rings (SSSR count). The molecule has 1 unspecified atom stereocenters. The minimum absolute atomic E-state index is 0.0181. The van der Waals surface area contributed by atoms with Gasteiger partial charge in [0.25, 0.3) is 0 Å². The molecule has 1 saturated carbocycles. The van der Waals surface area contributed by atoms with Gasteiger partial charge in [-0.15, -0.1) is 12.3 Å². The van der Waals surface area contributed by atoms with Crippen LogP contribution < -0.4 is 16.0 Å². The average Bonchev–Trinajstić information content (AvgIpc) is 2.99. The van der Waals surface area contributed by atoms with Crippen LogP contribution in [0, 0.1) is 30.1 Å². The summed E-state index contributed by atoms with van der Waals surface area (Å²) in [5.74, 6) is 1.18. The van der Waals surface area contributed by atoms with Crippen LogP contribution in [0.3, 0.4) is 0 Å². The molecular weight excluding hydrogens is 544 g/mol. The maximum Gasteiger partial charge on any atom is 0.243 e. The second kappa shape index (κ2) is 19.4. The highest BCUT2D eigenvalue weighted by Crippen LogP contribution is 2.29. The van der Waals surface area contributed by atoms with Crippen LogP contribution in [-0.2, 0) is 20.8 Å². The molecule has 1 fully saturated rings. The van der Waals surface area contributed by atoms with E-state index in [4.69, 9.17) is 6.42 Å². The van der Waals surface area contributed by atoms with Gasteiger partial charge in [0.05, 0.1) is 18.1 Å². The van der Waals surface area contributed by atoms with Crippen LogP contribution in [0.2, 0.25) is 0 Å². The lowest BCUT2D eigenvalue weighted by molar-refractivity contribution is -0.136. The summed E-state index contributed by atoms with van der Waals surface area (Å²) in [5.41, 5.74) is 0.904. The molecule has 5 atom stereocenters. The third-order valence-electron chi connectivity index (χ3n) is 8.35. The Morgan fingerprint density at radius 2 is 1.72 bits per heavy atom. The van der Waals surface area contributed by atoms with Crippen LogP contribution in [0.25, 0.3) is 0 Å². The van der Waals surface area contributed by atoms with E-state index in [2.05, 4.69) is 21.9 Å². The number of nitrogens with zero attached hydrogens (tertiary/aromatic N) is 1. The van der Waals surface area contributed by atoms with E-state index in [9.17, 15) is 24.6 Å². The number of hydrogen-bond donors (Lipinski definition) is 5. The smallest absolute Gasteiger partial charge is 0.243 e. The van der Waals surface area contributed by atoms with Gasteiger partial charge < -0.3 is 31.1 Å². The van der Waals surface area contributed by atoms with Gasteiger partial charge in [0.2, 0.25) is 17.7 Å². The molecule has 240 valence electrons. The SMILES string of the molecule is C#CC[C@H](NC(=O)C(CC(=O)N(C)CCNC)Cc1ccccc1)C(=O)N[C@@H](CC1CCCCC1)[C@@H](O)[C@@H](O)CC(C)C. The van der Waals surface area contributed by atoms with E-state index in [1.54, 1.807) is 11.9 Å². The fraction of sp³-hybridized carbons (Fsp3) is 0.676. The minimum Gasteiger partial charge on any atom is -0.390 e. The van der Waals surface area contributed by atoms with Gasteiger partial charge in [-0.25, -0.2) is 0 Å². The third-order valence-corrected chi connectivity index (χ3v) is 8.35. The molecule has 9 nitrogen and oxygen atoms in total. The first-order valence-electron chi connectivity index (χ1n) is 15.9. The van der Waals surface area contributed by atoms with Crippen molar-refractivity contribution in [2.75, 3.05) is 27.2 Å². The van der Waals surface area contributed by atoms with Gasteiger partial charge >= 0.3 is 0 Å². The quantitative estimate of drug-likeness (QED) is 0.165. The lowest BCUT2D eigenvalue weighted by Crippen LogP contribution is -2.56. The molecule has 0 radical (unpaired) electrons. The van der Waals surface area contributed by atoms with Gasteiger partial charge in [-0.2, -0.15) is 0 Å². The summed E-state index contributed by atoms with van der Waals surface area (Å²) in [7, 11) is 3.52. The number of benzene rings is 1. The molecule has 1 aromatic carbocycles. The number of amides is 3. The lowest BCUT2D eigenvalue weighted by Gasteiger charge is -2.33. The molecular formula is C34H54N4O5. The number of hydrogen-bond acceptors (Lipinski definition) is 6. The zero-order valence-electron chi connectivity index (χ0n) is 26.6. The van der Waals surface area contributed by atoms with Gasteiger partial charge in [0.15, 0.2) is 0 Å². The summed E-state index contributed by atoms with van der Waals surface area (Å²) in [6.07, 6.45) is 10.1. The standard InChI is InChI=1S/C34H54N4O5/c1-6-13-28(34(43)37-29(22-26-16-11-8-12-17-26)32(41)30(39)20-24(2)3)36-33(42)27(21-25-14-9-7-10-15-25)23-31(40)38(5)19-18-35-4/h1,7,9-10,14-15,24,26-30,32,35,39,41H,8,11-13,16-23H2,2-5H3,(H,36,42)(H,37,43)/t27?,28-,29-,30-,32+/m0/s1. The van der Waals surface area contributed by atoms with E-state index in [-0.39, 0.29) is 24.7 Å². The van der Waals surface area contributed by atoms with E-state index in [0.29, 0.717) is 38.3 Å². The van der Waals surface area contributed by atoms with Crippen molar-refractivity contribution < 1.29 is 24.6 Å². The molecule has 0 heterocycles. The Hall–Kier alpha value is -2.93. The van der Waals surface area contributed by atoms with Crippen LogP contribution in [0.4, 0.5) is 0 Å². The number of likely N-dealkylation sites (N-methyl/N-ethyl adjacent to an activating group) is 2. The Morgan fingerprint density at radius 1 is 1.05 bits per heavy atom. The molecule has 0 aliphatic heterocycles. The molecule has 3 amide bonds. The van der Waals surface area contributed by atoms with Crippen molar-refractivity contribution in [3.8, 4) is 12.3 Å². The Balaban J connectivity index is 2.21. The maximum atomic E-state index is 13.6. The van der Waals surface area contributed by atoms with Crippen LogP contribution in [0.5, 0.6) is 0 Å². The molecule has 5 N–H and O–H groups in total. The Labute approximate surface area is 258 Å².